The van der Waals surface area contributed by atoms with Gasteiger partial charge < -0.3 is 15.4 Å². The zero-order valence-electron chi connectivity index (χ0n) is 13.1. The van der Waals surface area contributed by atoms with E-state index in [9.17, 15) is 8.78 Å². The third kappa shape index (κ3) is 3.95. The number of aromatic nitrogens is 2. The standard InChI is InChI=1S/C17H13ClF2N4O/c1-25-14-6-5-10(18)9-13(14)22-15-7-8-21-17(23-15)24-16-11(19)3-2-4-12(16)20/h2-9H,1H3,(H2,21,22,23,24). The minimum absolute atomic E-state index is 0.0370. The number of nitrogens with zero attached hydrogens (tertiary/aromatic N) is 2. The second-order valence-electron chi connectivity index (χ2n) is 4.96. The second kappa shape index (κ2) is 7.31. The average molecular weight is 363 g/mol. The third-order valence-corrected chi connectivity index (χ3v) is 3.51. The van der Waals surface area contributed by atoms with Gasteiger partial charge in [-0.25, -0.2) is 13.8 Å². The highest BCUT2D eigenvalue weighted by Gasteiger charge is 2.11. The van der Waals surface area contributed by atoms with E-state index in [2.05, 4.69) is 20.6 Å². The van der Waals surface area contributed by atoms with Crippen molar-refractivity contribution >= 4 is 34.7 Å². The van der Waals surface area contributed by atoms with Crippen LogP contribution >= 0.6 is 11.6 Å². The van der Waals surface area contributed by atoms with Gasteiger partial charge in [0.2, 0.25) is 5.95 Å². The van der Waals surface area contributed by atoms with Crippen LogP contribution in [0.5, 0.6) is 5.75 Å². The van der Waals surface area contributed by atoms with Gasteiger partial charge in [-0.2, -0.15) is 4.98 Å². The molecule has 0 amide bonds. The van der Waals surface area contributed by atoms with E-state index in [0.717, 1.165) is 12.1 Å². The molecule has 3 rings (SSSR count). The van der Waals surface area contributed by atoms with Gasteiger partial charge in [0.15, 0.2) is 0 Å². The second-order valence-corrected chi connectivity index (χ2v) is 5.39. The molecule has 0 saturated heterocycles. The molecule has 3 aromatic rings. The van der Waals surface area contributed by atoms with Gasteiger partial charge in [-0.3, -0.25) is 0 Å². The molecule has 0 aliphatic heterocycles. The van der Waals surface area contributed by atoms with Crippen molar-refractivity contribution < 1.29 is 13.5 Å². The maximum absolute atomic E-state index is 13.7. The molecule has 0 aliphatic carbocycles. The van der Waals surface area contributed by atoms with Crippen LogP contribution in [0.3, 0.4) is 0 Å². The molecule has 0 atom stereocenters. The smallest absolute Gasteiger partial charge is 0.229 e. The van der Waals surface area contributed by atoms with Crippen molar-refractivity contribution in [3.8, 4) is 5.75 Å². The van der Waals surface area contributed by atoms with Gasteiger partial charge in [-0.15, -0.1) is 0 Å². The molecule has 5 nitrogen and oxygen atoms in total. The number of para-hydroxylation sites is 1. The van der Waals surface area contributed by atoms with Crippen LogP contribution in [0.15, 0.2) is 48.7 Å². The van der Waals surface area contributed by atoms with Crippen molar-refractivity contribution in [1.29, 1.82) is 0 Å². The number of halogens is 3. The number of anilines is 4. The summed E-state index contributed by atoms with van der Waals surface area (Å²) < 4.78 is 32.7. The zero-order chi connectivity index (χ0) is 17.8. The fraction of sp³-hybridized carbons (Fsp3) is 0.0588. The van der Waals surface area contributed by atoms with Gasteiger partial charge in [0, 0.05) is 11.2 Å². The van der Waals surface area contributed by atoms with Crippen LogP contribution in [-0.2, 0) is 0 Å². The summed E-state index contributed by atoms with van der Waals surface area (Å²) in [6.45, 7) is 0. The summed E-state index contributed by atoms with van der Waals surface area (Å²) in [5.74, 6) is -0.473. The van der Waals surface area contributed by atoms with E-state index in [4.69, 9.17) is 16.3 Å². The molecule has 1 heterocycles. The first kappa shape index (κ1) is 16.9. The lowest BCUT2D eigenvalue weighted by Crippen LogP contribution is -2.03. The highest BCUT2D eigenvalue weighted by atomic mass is 35.5. The Balaban J connectivity index is 1.86. The van der Waals surface area contributed by atoms with Crippen LogP contribution in [0.1, 0.15) is 0 Å². The minimum Gasteiger partial charge on any atom is -0.495 e. The number of benzene rings is 2. The van der Waals surface area contributed by atoms with Gasteiger partial charge in [0.25, 0.3) is 0 Å². The first-order chi connectivity index (χ1) is 12.1. The number of hydrogen-bond acceptors (Lipinski definition) is 5. The van der Waals surface area contributed by atoms with Gasteiger partial charge in [0.05, 0.1) is 12.8 Å². The van der Waals surface area contributed by atoms with Crippen molar-refractivity contribution in [3.05, 3.63) is 65.3 Å². The lowest BCUT2D eigenvalue weighted by atomic mass is 10.3. The molecule has 0 radical (unpaired) electrons. The number of rotatable bonds is 5. The summed E-state index contributed by atoms with van der Waals surface area (Å²) in [6, 6.07) is 10.2. The topological polar surface area (TPSA) is 59.1 Å². The number of nitrogens with one attached hydrogen (secondary N) is 2. The predicted molar refractivity (Wildman–Crippen MR) is 93.0 cm³/mol. The monoisotopic (exact) mass is 362 g/mol. The van der Waals surface area contributed by atoms with Crippen molar-refractivity contribution in [2.75, 3.05) is 17.7 Å². The summed E-state index contributed by atoms with van der Waals surface area (Å²) >= 11 is 5.99. The van der Waals surface area contributed by atoms with Crippen LogP contribution in [0, 0.1) is 11.6 Å². The maximum atomic E-state index is 13.7. The SMILES string of the molecule is COc1ccc(Cl)cc1Nc1ccnc(Nc2c(F)cccc2F)n1. The molecule has 2 N–H and O–H groups in total. The van der Waals surface area contributed by atoms with E-state index < -0.39 is 11.6 Å². The number of methoxy groups -OCH3 is 1. The van der Waals surface area contributed by atoms with Crippen LogP contribution in [-0.4, -0.2) is 17.1 Å². The molecule has 25 heavy (non-hydrogen) atoms. The molecule has 0 fully saturated rings. The Morgan fingerprint density at radius 2 is 1.80 bits per heavy atom. The molecule has 0 spiro atoms. The van der Waals surface area contributed by atoms with Crippen molar-refractivity contribution in [1.82, 2.24) is 9.97 Å². The molecule has 128 valence electrons. The van der Waals surface area contributed by atoms with Crippen molar-refractivity contribution in [2.24, 2.45) is 0 Å². The molecule has 0 bridgehead atoms. The molecule has 8 heteroatoms. The largest absolute Gasteiger partial charge is 0.495 e. The average Bonchev–Trinajstić information content (AvgIpc) is 2.59. The summed E-state index contributed by atoms with van der Waals surface area (Å²) in [4.78, 5) is 8.15. The number of ether oxygens (including phenoxy) is 1. The van der Waals surface area contributed by atoms with Crippen molar-refractivity contribution in [3.63, 3.8) is 0 Å². The Hall–Kier alpha value is -2.93. The Kier molecular flexibility index (Phi) is 4.95. The number of hydrogen-bond donors (Lipinski definition) is 2. The Morgan fingerprint density at radius 1 is 1.04 bits per heavy atom. The Labute approximate surface area is 147 Å². The van der Waals surface area contributed by atoms with E-state index in [1.165, 1.54) is 19.4 Å². The highest BCUT2D eigenvalue weighted by Crippen LogP contribution is 2.30. The summed E-state index contributed by atoms with van der Waals surface area (Å²) in [5.41, 5.74) is 0.275. The van der Waals surface area contributed by atoms with Crippen LogP contribution in [0.25, 0.3) is 0 Å². The van der Waals surface area contributed by atoms with Gasteiger partial charge in [0.1, 0.15) is 28.9 Å². The third-order valence-electron chi connectivity index (χ3n) is 3.28. The molecule has 0 aliphatic rings. The Bertz CT molecular complexity index is 887. The normalized spacial score (nSPS) is 10.4. The zero-order valence-corrected chi connectivity index (χ0v) is 13.8. The summed E-state index contributed by atoms with van der Waals surface area (Å²) in [6.07, 6.45) is 1.45. The molecular weight excluding hydrogens is 350 g/mol. The highest BCUT2D eigenvalue weighted by molar-refractivity contribution is 6.31. The van der Waals surface area contributed by atoms with Crippen LogP contribution < -0.4 is 15.4 Å². The predicted octanol–water partition coefficient (Wildman–Crippen LogP) is 4.90. The fourth-order valence-electron chi connectivity index (χ4n) is 2.13. The first-order valence-corrected chi connectivity index (χ1v) is 7.59. The van der Waals surface area contributed by atoms with E-state index >= 15 is 0 Å². The molecule has 1 aromatic heterocycles. The van der Waals surface area contributed by atoms with E-state index in [1.54, 1.807) is 24.3 Å². The Morgan fingerprint density at radius 3 is 2.52 bits per heavy atom. The minimum atomic E-state index is -0.738. The lowest BCUT2D eigenvalue weighted by Gasteiger charge is -2.12. The quantitative estimate of drug-likeness (QED) is 0.675. The first-order valence-electron chi connectivity index (χ1n) is 7.21. The fourth-order valence-corrected chi connectivity index (χ4v) is 2.31. The van der Waals surface area contributed by atoms with Crippen LogP contribution in [0.4, 0.5) is 31.9 Å². The maximum Gasteiger partial charge on any atom is 0.229 e. The molecular formula is C17H13ClF2N4O. The van der Waals surface area contributed by atoms with Crippen molar-refractivity contribution in [2.45, 2.75) is 0 Å². The summed E-state index contributed by atoms with van der Waals surface area (Å²) in [7, 11) is 1.53. The summed E-state index contributed by atoms with van der Waals surface area (Å²) in [5, 5.41) is 6.09. The van der Waals surface area contributed by atoms with E-state index in [0.29, 0.717) is 22.3 Å². The molecule has 0 unspecified atom stereocenters. The lowest BCUT2D eigenvalue weighted by molar-refractivity contribution is 0.417. The van der Waals surface area contributed by atoms with E-state index in [-0.39, 0.29) is 11.6 Å². The van der Waals surface area contributed by atoms with Gasteiger partial charge in [-0.1, -0.05) is 17.7 Å². The van der Waals surface area contributed by atoms with Gasteiger partial charge in [-0.05, 0) is 36.4 Å². The molecule has 2 aromatic carbocycles. The van der Waals surface area contributed by atoms with Gasteiger partial charge >= 0.3 is 0 Å². The molecule has 0 saturated carbocycles. The van der Waals surface area contributed by atoms with E-state index in [1.807, 2.05) is 0 Å². The van der Waals surface area contributed by atoms with Crippen LogP contribution in [0.2, 0.25) is 5.02 Å².